The average Bonchev–Trinajstić information content (AvgIpc) is 3.11. The van der Waals surface area contributed by atoms with Crippen LogP contribution in [0.5, 0.6) is 0 Å². The molecule has 0 spiro atoms. The van der Waals surface area contributed by atoms with E-state index in [0.717, 1.165) is 54.3 Å². The summed E-state index contributed by atoms with van der Waals surface area (Å²) in [6, 6.07) is 10.1. The van der Waals surface area contributed by atoms with Crippen LogP contribution in [0, 0.1) is 5.82 Å². The molecule has 8 heteroatoms. The molecule has 0 aliphatic carbocycles. The minimum atomic E-state index is -0.285. The number of carbonyl (C=O) groups is 1. The molecule has 4 rings (SSSR count). The quantitative estimate of drug-likeness (QED) is 0.677. The van der Waals surface area contributed by atoms with Crippen LogP contribution in [0.15, 0.2) is 42.6 Å². The summed E-state index contributed by atoms with van der Waals surface area (Å²) < 4.78 is 20.8. The van der Waals surface area contributed by atoms with Crippen molar-refractivity contribution in [1.82, 2.24) is 19.7 Å². The summed E-state index contributed by atoms with van der Waals surface area (Å²) in [4.78, 5) is 18.0. The van der Waals surface area contributed by atoms with E-state index in [1.165, 1.54) is 19.1 Å². The van der Waals surface area contributed by atoms with E-state index < -0.39 is 0 Å². The first kappa shape index (κ1) is 20.2. The largest absolute Gasteiger partial charge is 0.383 e. The molecular formula is C22H24FN5O2. The maximum Gasteiger partial charge on any atom is 0.222 e. The van der Waals surface area contributed by atoms with E-state index in [-0.39, 0.29) is 11.7 Å². The molecule has 0 bridgehead atoms. The molecule has 0 unspecified atom stereocenters. The number of rotatable bonds is 6. The highest BCUT2D eigenvalue weighted by atomic mass is 19.1. The van der Waals surface area contributed by atoms with Gasteiger partial charge in [-0.2, -0.15) is 5.10 Å². The number of amides is 1. The Labute approximate surface area is 174 Å². The van der Waals surface area contributed by atoms with Crippen LogP contribution in [-0.2, 0) is 22.6 Å². The van der Waals surface area contributed by atoms with Gasteiger partial charge in [-0.3, -0.25) is 14.4 Å². The summed E-state index contributed by atoms with van der Waals surface area (Å²) in [5.41, 5.74) is 4.59. The summed E-state index contributed by atoms with van der Waals surface area (Å²) in [6.45, 7) is 5.32. The zero-order valence-electron chi connectivity index (χ0n) is 17.1. The lowest BCUT2D eigenvalue weighted by Gasteiger charge is -2.28. The number of aromatic nitrogens is 3. The molecule has 3 heterocycles. The molecule has 2 aromatic heterocycles. The van der Waals surface area contributed by atoms with Gasteiger partial charge in [0.15, 0.2) is 0 Å². The molecular weight excluding hydrogens is 385 g/mol. The Kier molecular flexibility index (Phi) is 5.87. The van der Waals surface area contributed by atoms with Crippen molar-refractivity contribution >= 4 is 11.7 Å². The smallest absolute Gasteiger partial charge is 0.222 e. The van der Waals surface area contributed by atoms with Crippen LogP contribution in [0.3, 0.4) is 0 Å². The second kappa shape index (κ2) is 8.73. The van der Waals surface area contributed by atoms with Gasteiger partial charge in [-0.05, 0) is 42.0 Å². The average molecular weight is 409 g/mol. The van der Waals surface area contributed by atoms with Gasteiger partial charge in [0, 0.05) is 51.0 Å². The van der Waals surface area contributed by atoms with Crippen LogP contribution >= 0.6 is 0 Å². The van der Waals surface area contributed by atoms with Crippen LogP contribution in [0.25, 0.3) is 22.4 Å². The number of ether oxygens (including phenoxy) is 1. The number of hydrogen-bond donors (Lipinski definition) is 1. The fourth-order valence-electron chi connectivity index (χ4n) is 3.73. The standard InChI is InChI=1S/C22H24FN5O2/c1-15(29)25-20-13-17(7-8-24-20)21-19-14-27(11-12-30-2)9-10-28(19)26-22(21)16-3-5-18(23)6-4-16/h3-8,13H,9-12,14H2,1-2H3,(H,24,25,29). The summed E-state index contributed by atoms with van der Waals surface area (Å²) >= 11 is 0. The van der Waals surface area contributed by atoms with Crippen LogP contribution in [0.2, 0.25) is 0 Å². The number of hydrogen-bond acceptors (Lipinski definition) is 5. The Bertz CT molecular complexity index is 1050. The zero-order valence-corrected chi connectivity index (χ0v) is 17.1. The molecule has 156 valence electrons. The first-order valence-corrected chi connectivity index (χ1v) is 9.86. The van der Waals surface area contributed by atoms with E-state index in [4.69, 9.17) is 9.84 Å². The monoisotopic (exact) mass is 409 g/mol. The minimum Gasteiger partial charge on any atom is -0.383 e. The highest BCUT2D eigenvalue weighted by Crippen LogP contribution is 2.37. The number of nitrogens with one attached hydrogen (secondary N) is 1. The predicted molar refractivity (Wildman–Crippen MR) is 112 cm³/mol. The Morgan fingerprint density at radius 3 is 2.73 bits per heavy atom. The normalized spacial score (nSPS) is 13.8. The number of pyridine rings is 1. The topological polar surface area (TPSA) is 72.3 Å². The predicted octanol–water partition coefficient (Wildman–Crippen LogP) is 3.17. The van der Waals surface area contributed by atoms with Gasteiger partial charge in [0.2, 0.25) is 5.91 Å². The van der Waals surface area contributed by atoms with E-state index in [1.807, 2.05) is 16.8 Å². The lowest BCUT2D eigenvalue weighted by atomic mass is 9.98. The van der Waals surface area contributed by atoms with Gasteiger partial charge in [0.25, 0.3) is 0 Å². The molecule has 30 heavy (non-hydrogen) atoms. The minimum absolute atomic E-state index is 0.179. The zero-order chi connectivity index (χ0) is 21.1. The second-order valence-electron chi connectivity index (χ2n) is 7.28. The second-order valence-corrected chi connectivity index (χ2v) is 7.28. The molecule has 0 fully saturated rings. The number of fused-ring (bicyclic) bond motifs is 1. The summed E-state index contributed by atoms with van der Waals surface area (Å²) in [7, 11) is 1.70. The third-order valence-electron chi connectivity index (χ3n) is 5.14. The Hall–Kier alpha value is -3.10. The molecule has 1 aliphatic heterocycles. The van der Waals surface area contributed by atoms with Crippen molar-refractivity contribution in [3.8, 4) is 22.4 Å². The van der Waals surface area contributed by atoms with Crippen molar-refractivity contribution in [2.45, 2.75) is 20.0 Å². The van der Waals surface area contributed by atoms with Gasteiger partial charge in [0.05, 0.1) is 18.8 Å². The van der Waals surface area contributed by atoms with Gasteiger partial charge < -0.3 is 10.1 Å². The van der Waals surface area contributed by atoms with Crippen LogP contribution < -0.4 is 5.32 Å². The molecule has 0 saturated heterocycles. The van der Waals surface area contributed by atoms with Crippen LogP contribution in [-0.4, -0.2) is 52.4 Å². The fourth-order valence-corrected chi connectivity index (χ4v) is 3.73. The maximum absolute atomic E-state index is 13.5. The van der Waals surface area contributed by atoms with Crippen LogP contribution in [0.1, 0.15) is 12.6 Å². The number of anilines is 1. The Morgan fingerprint density at radius 2 is 2.00 bits per heavy atom. The van der Waals surface area contributed by atoms with Gasteiger partial charge in [0.1, 0.15) is 17.3 Å². The SMILES string of the molecule is COCCN1CCn2nc(-c3ccc(F)cc3)c(-c3ccnc(NC(C)=O)c3)c2C1. The van der Waals surface area contributed by atoms with E-state index in [0.29, 0.717) is 12.4 Å². The number of halogens is 1. The van der Waals surface area contributed by atoms with Crippen molar-refractivity contribution in [3.05, 3.63) is 54.1 Å². The van der Waals surface area contributed by atoms with Crippen molar-refractivity contribution in [2.24, 2.45) is 0 Å². The molecule has 3 aromatic rings. The van der Waals surface area contributed by atoms with Crippen molar-refractivity contribution in [3.63, 3.8) is 0 Å². The molecule has 0 saturated carbocycles. The number of nitrogens with zero attached hydrogens (tertiary/aromatic N) is 4. The number of carbonyl (C=O) groups excluding carboxylic acids is 1. The summed E-state index contributed by atoms with van der Waals surface area (Å²) in [6.07, 6.45) is 1.67. The van der Waals surface area contributed by atoms with Crippen molar-refractivity contribution in [1.29, 1.82) is 0 Å². The molecule has 1 amide bonds. The van der Waals surface area contributed by atoms with E-state index >= 15 is 0 Å². The van der Waals surface area contributed by atoms with Gasteiger partial charge in [-0.1, -0.05) is 0 Å². The molecule has 1 N–H and O–H groups in total. The summed E-state index contributed by atoms with van der Waals surface area (Å²) in [5.74, 6) is 0.0186. The van der Waals surface area contributed by atoms with E-state index in [1.54, 1.807) is 25.4 Å². The van der Waals surface area contributed by atoms with Gasteiger partial charge in [-0.15, -0.1) is 0 Å². The first-order chi connectivity index (χ1) is 14.5. The Balaban J connectivity index is 1.81. The van der Waals surface area contributed by atoms with Crippen molar-refractivity contribution < 1.29 is 13.9 Å². The third kappa shape index (κ3) is 4.24. The summed E-state index contributed by atoms with van der Waals surface area (Å²) in [5, 5.41) is 7.60. The highest BCUT2D eigenvalue weighted by molar-refractivity contribution is 5.89. The van der Waals surface area contributed by atoms with E-state index in [2.05, 4.69) is 15.2 Å². The highest BCUT2D eigenvalue weighted by Gasteiger charge is 2.26. The van der Waals surface area contributed by atoms with Crippen LogP contribution in [0.4, 0.5) is 10.2 Å². The molecule has 0 radical (unpaired) electrons. The lowest BCUT2D eigenvalue weighted by Crippen LogP contribution is -2.36. The van der Waals surface area contributed by atoms with Gasteiger partial charge >= 0.3 is 0 Å². The molecule has 7 nitrogen and oxygen atoms in total. The number of benzene rings is 1. The number of methoxy groups -OCH3 is 1. The Morgan fingerprint density at radius 1 is 1.20 bits per heavy atom. The maximum atomic E-state index is 13.5. The molecule has 1 aliphatic rings. The molecule has 0 atom stereocenters. The molecule has 1 aromatic carbocycles. The van der Waals surface area contributed by atoms with Crippen molar-refractivity contribution in [2.75, 3.05) is 32.1 Å². The van der Waals surface area contributed by atoms with Gasteiger partial charge in [-0.25, -0.2) is 9.37 Å². The fraction of sp³-hybridized carbons (Fsp3) is 0.318. The first-order valence-electron chi connectivity index (χ1n) is 9.86. The van der Waals surface area contributed by atoms with E-state index in [9.17, 15) is 9.18 Å². The third-order valence-corrected chi connectivity index (χ3v) is 5.14. The lowest BCUT2D eigenvalue weighted by molar-refractivity contribution is -0.114.